The van der Waals surface area contributed by atoms with Crippen molar-refractivity contribution in [2.45, 2.75) is 13.3 Å². The molecular weight excluding hydrogens is 330 g/mol. The van der Waals surface area contributed by atoms with Gasteiger partial charge in [-0.2, -0.15) is 4.98 Å². The van der Waals surface area contributed by atoms with Gasteiger partial charge in [0, 0.05) is 24.5 Å². The maximum atomic E-state index is 9.22. The molecule has 3 aromatic rings. The first-order chi connectivity index (χ1) is 11.1. The van der Waals surface area contributed by atoms with Gasteiger partial charge in [0.1, 0.15) is 10.6 Å². The first-order valence-corrected chi connectivity index (χ1v) is 8.75. The van der Waals surface area contributed by atoms with E-state index in [1.165, 1.54) is 5.56 Å². The molecule has 23 heavy (non-hydrogen) atoms. The predicted molar refractivity (Wildman–Crippen MR) is 97.6 cm³/mol. The Balaban J connectivity index is 2.17. The molecule has 0 aliphatic carbocycles. The Morgan fingerprint density at radius 2 is 1.96 bits per heavy atom. The average molecular weight is 348 g/mol. The van der Waals surface area contributed by atoms with Crippen LogP contribution in [0.5, 0.6) is 0 Å². The Morgan fingerprint density at radius 1 is 1.22 bits per heavy atom. The number of fused-ring (bicyclic) bond motifs is 1. The molecule has 1 N–H and O–H groups in total. The van der Waals surface area contributed by atoms with Crippen LogP contribution in [0, 0.1) is 0 Å². The molecule has 0 amide bonds. The third-order valence-electron chi connectivity index (χ3n) is 3.86. The fourth-order valence-electron chi connectivity index (χ4n) is 2.56. The van der Waals surface area contributed by atoms with Crippen molar-refractivity contribution in [2.75, 3.05) is 25.1 Å². The summed E-state index contributed by atoms with van der Waals surface area (Å²) in [7, 11) is 1.90. The summed E-state index contributed by atoms with van der Waals surface area (Å²) in [6.45, 7) is 2.70. The van der Waals surface area contributed by atoms with Gasteiger partial charge in [0.2, 0.25) is 5.28 Å². The van der Waals surface area contributed by atoms with E-state index in [0.29, 0.717) is 6.54 Å². The summed E-state index contributed by atoms with van der Waals surface area (Å²) in [5.41, 5.74) is 3.55. The number of hydrogen-bond acceptors (Lipinski definition) is 5. The van der Waals surface area contributed by atoms with Crippen LogP contribution >= 0.6 is 22.9 Å². The monoisotopic (exact) mass is 347 g/mol. The highest BCUT2D eigenvalue weighted by Crippen LogP contribution is 2.38. The van der Waals surface area contributed by atoms with Crippen LogP contribution < -0.4 is 4.90 Å². The minimum atomic E-state index is 0.0598. The molecule has 0 saturated heterocycles. The first kappa shape index (κ1) is 16.2. The van der Waals surface area contributed by atoms with Crippen LogP contribution in [-0.4, -0.2) is 35.3 Å². The summed E-state index contributed by atoms with van der Waals surface area (Å²) in [4.78, 5) is 11.5. The molecule has 2 aromatic heterocycles. The van der Waals surface area contributed by atoms with Crippen LogP contribution in [-0.2, 0) is 6.42 Å². The predicted octanol–water partition coefficient (Wildman–Crippen LogP) is 4.00. The van der Waals surface area contributed by atoms with Gasteiger partial charge >= 0.3 is 0 Å². The first-order valence-electron chi connectivity index (χ1n) is 7.50. The second-order valence-corrected chi connectivity index (χ2v) is 6.54. The van der Waals surface area contributed by atoms with E-state index in [9.17, 15) is 5.11 Å². The molecule has 120 valence electrons. The Labute approximate surface area is 144 Å². The molecule has 0 atom stereocenters. The Morgan fingerprint density at radius 3 is 2.61 bits per heavy atom. The number of halogens is 1. The fraction of sp³-hybridized carbons (Fsp3) is 0.294. The Kier molecular flexibility index (Phi) is 4.80. The number of benzene rings is 1. The highest BCUT2D eigenvalue weighted by atomic mass is 35.5. The van der Waals surface area contributed by atoms with E-state index in [1.54, 1.807) is 11.3 Å². The number of aryl methyl sites for hydroxylation is 1. The van der Waals surface area contributed by atoms with Crippen molar-refractivity contribution in [3.63, 3.8) is 0 Å². The highest BCUT2D eigenvalue weighted by Gasteiger charge is 2.17. The third-order valence-corrected chi connectivity index (χ3v) is 4.90. The minimum Gasteiger partial charge on any atom is -0.395 e. The van der Waals surface area contributed by atoms with E-state index in [-0.39, 0.29) is 11.9 Å². The standard InChI is InChI=1S/C17H18ClN3OS/c1-3-11-4-6-12(7-5-11)13-10-23-16-14(13)15(19-17(18)20-16)21(2)8-9-22/h4-7,10,22H,3,8-9H2,1-2H3. The summed E-state index contributed by atoms with van der Waals surface area (Å²) in [6.07, 6.45) is 1.02. The molecule has 3 rings (SSSR count). The highest BCUT2D eigenvalue weighted by molar-refractivity contribution is 7.17. The zero-order valence-electron chi connectivity index (χ0n) is 13.1. The normalized spacial score (nSPS) is 11.1. The molecule has 0 bridgehead atoms. The molecule has 2 heterocycles. The molecule has 1 aromatic carbocycles. The summed E-state index contributed by atoms with van der Waals surface area (Å²) < 4.78 is 0. The van der Waals surface area contributed by atoms with Crippen molar-refractivity contribution in [3.05, 3.63) is 40.5 Å². The molecule has 4 nitrogen and oxygen atoms in total. The number of anilines is 1. The van der Waals surface area contributed by atoms with Gasteiger partial charge in [-0.25, -0.2) is 4.98 Å². The molecule has 0 saturated carbocycles. The van der Waals surface area contributed by atoms with Gasteiger partial charge in [0.25, 0.3) is 0 Å². The Bertz CT molecular complexity index is 817. The van der Waals surface area contributed by atoms with E-state index < -0.39 is 0 Å². The van der Waals surface area contributed by atoms with Gasteiger partial charge in [-0.15, -0.1) is 11.3 Å². The number of rotatable bonds is 5. The molecule has 0 aliphatic rings. The molecule has 0 radical (unpaired) electrons. The number of likely N-dealkylation sites (N-methyl/N-ethyl adjacent to an activating group) is 1. The third kappa shape index (κ3) is 3.17. The van der Waals surface area contributed by atoms with Crippen molar-refractivity contribution in [3.8, 4) is 11.1 Å². The molecule has 0 unspecified atom stereocenters. The maximum absolute atomic E-state index is 9.22. The van der Waals surface area contributed by atoms with Gasteiger partial charge in [-0.05, 0) is 29.1 Å². The summed E-state index contributed by atoms with van der Waals surface area (Å²) in [6, 6.07) is 8.55. The van der Waals surface area contributed by atoms with Crippen LogP contribution in [0.4, 0.5) is 5.82 Å². The largest absolute Gasteiger partial charge is 0.395 e. The van der Waals surface area contributed by atoms with Crippen LogP contribution in [0.1, 0.15) is 12.5 Å². The van der Waals surface area contributed by atoms with Crippen LogP contribution in [0.15, 0.2) is 29.6 Å². The van der Waals surface area contributed by atoms with Gasteiger partial charge in [-0.3, -0.25) is 0 Å². The average Bonchev–Trinajstić information content (AvgIpc) is 2.98. The van der Waals surface area contributed by atoms with Gasteiger partial charge in [0.15, 0.2) is 0 Å². The number of nitrogens with zero attached hydrogens (tertiary/aromatic N) is 3. The van der Waals surface area contributed by atoms with E-state index in [2.05, 4.69) is 46.5 Å². The lowest BCUT2D eigenvalue weighted by Gasteiger charge is -2.18. The van der Waals surface area contributed by atoms with E-state index in [1.807, 2.05) is 11.9 Å². The fourth-order valence-corrected chi connectivity index (χ4v) is 3.72. The summed E-state index contributed by atoms with van der Waals surface area (Å²) in [5, 5.41) is 12.5. The van der Waals surface area contributed by atoms with Crippen molar-refractivity contribution in [1.29, 1.82) is 0 Å². The van der Waals surface area contributed by atoms with Crippen LogP contribution in [0.25, 0.3) is 21.3 Å². The lowest BCUT2D eigenvalue weighted by atomic mass is 10.0. The lowest BCUT2D eigenvalue weighted by Crippen LogP contribution is -2.22. The molecule has 0 aliphatic heterocycles. The van der Waals surface area contributed by atoms with E-state index in [4.69, 9.17) is 11.6 Å². The van der Waals surface area contributed by atoms with Crippen LogP contribution in [0.3, 0.4) is 0 Å². The number of aliphatic hydroxyl groups excluding tert-OH is 1. The van der Waals surface area contributed by atoms with Crippen molar-refractivity contribution < 1.29 is 5.11 Å². The number of hydrogen-bond donors (Lipinski definition) is 1. The maximum Gasteiger partial charge on any atom is 0.225 e. The van der Waals surface area contributed by atoms with Crippen LogP contribution in [0.2, 0.25) is 5.28 Å². The van der Waals surface area contributed by atoms with Gasteiger partial charge in [-0.1, -0.05) is 31.2 Å². The van der Waals surface area contributed by atoms with Crippen molar-refractivity contribution in [2.24, 2.45) is 0 Å². The quantitative estimate of drug-likeness (QED) is 0.709. The number of thiophene rings is 1. The Hall–Kier alpha value is -1.69. The second kappa shape index (κ2) is 6.83. The molecule has 6 heteroatoms. The summed E-state index contributed by atoms with van der Waals surface area (Å²) in [5.74, 6) is 0.755. The smallest absolute Gasteiger partial charge is 0.225 e. The van der Waals surface area contributed by atoms with Crippen molar-refractivity contribution >= 4 is 39.0 Å². The number of aromatic nitrogens is 2. The van der Waals surface area contributed by atoms with E-state index >= 15 is 0 Å². The molecule has 0 fully saturated rings. The summed E-state index contributed by atoms with van der Waals surface area (Å²) >= 11 is 7.62. The minimum absolute atomic E-state index is 0.0598. The van der Waals surface area contributed by atoms with Gasteiger partial charge < -0.3 is 10.0 Å². The lowest BCUT2D eigenvalue weighted by molar-refractivity contribution is 0.304. The molecular formula is C17H18ClN3OS. The van der Waals surface area contributed by atoms with E-state index in [0.717, 1.165) is 33.6 Å². The van der Waals surface area contributed by atoms with Crippen molar-refractivity contribution in [1.82, 2.24) is 9.97 Å². The SMILES string of the molecule is CCc1ccc(-c2csc3nc(Cl)nc(N(C)CCO)c23)cc1. The zero-order valence-corrected chi connectivity index (χ0v) is 14.7. The zero-order chi connectivity index (χ0) is 16.4. The van der Waals surface area contributed by atoms with Gasteiger partial charge in [0.05, 0.1) is 12.0 Å². The molecule has 0 spiro atoms. The topological polar surface area (TPSA) is 49.2 Å². The number of aliphatic hydroxyl groups is 1. The second-order valence-electron chi connectivity index (χ2n) is 5.34.